The van der Waals surface area contributed by atoms with E-state index in [0.29, 0.717) is 11.4 Å². The lowest BCUT2D eigenvalue weighted by atomic mass is 10.3. The summed E-state index contributed by atoms with van der Waals surface area (Å²) in [6.07, 6.45) is 3.31. The standard InChI is InChI=1S/C19H24N4OS/c1-3-22(2)13-14-23(19(24)17-10-7-15-25-17)18(20)11-12-21-16-8-5-4-6-9-16/h4-12,15,20-21H,3,13-14H2,1-2H3/b12-11-,20-18?. The zero-order valence-corrected chi connectivity index (χ0v) is 15.4. The minimum atomic E-state index is -0.131. The molecule has 1 aromatic carbocycles. The highest BCUT2D eigenvalue weighted by molar-refractivity contribution is 7.12. The highest BCUT2D eigenvalue weighted by Gasteiger charge is 2.19. The van der Waals surface area contributed by atoms with Crippen molar-refractivity contribution in [3.8, 4) is 0 Å². The van der Waals surface area contributed by atoms with E-state index in [1.165, 1.54) is 16.2 Å². The van der Waals surface area contributed by atoms with Crippen molar-refractivity contribution in [2.45, 2.75) is 6.92 Å². The van der Waals surface area contributed by atoms with Gasteiger partial charge in [0.05, 0.1) is 4.88 Å². The molecule has 6 heteroatoms. The van der Waals surface area contributed by atoms with Gasteiger partial charge < -0.3 is 10.2 Å². The topological polar surface area (TPSA) is 59.4 Å². The van der Waals surface area contributed by atoms with Crippen LogP contribution in [0.2, 0.25) is 0 Å². The van der Waals surface area contributed by atoms with Gasteiger partial charge in [0, 0.05) is 25.0 Å². The van der Waals surface area contributed by atoms with E-state index in [4.69, 9.17) is 5.41 Å². The van der Waals surface area contributed by atoms with E-state index in [9.17, 15) is 4.79 Å². The number of carbonyl (C=O) groups is 1. The van der Waals surface area contributed by atoms with Crippen LogP contribution in [0.25, 0.3) is 0 Å². The number of rotatable bonds is 8. The number of amidine groups is 1. The second-order valence-electron chi connectivity index (χ2n) is 5.56. The highest BCUT2D eigenvalue weighted by Crippen LogP contribution is 2.13. The number of benzene rings is 1. The SMILES string of the molecule is CCN(C)CCN(C(=N)/C=C\Nc1ccccc1)C(=O)c1cccs1. The van der Waals surface area contributed by atoms with E-state index in [2.05, 4.69) is 17.1 Å². The van der Waals surface area contributed by atoms with Gasteiger partial charge in [-0.25, -0.2) is 0 Å². The normalized spacial score (nSPS) is 11.0. The van der Waals surface area contributed by atoms with Crippen LogP contribution in [0.3, 0.4) is 0 Å². The summed E-state index contributed by atoms with van der Waals surface area (Å²) in [5.74, 6) is 0.0419. The van der Waals surface area contributed by atoms with Gasteiger partial charge in [0.15, 0.2) is 0 Å². The van der Waals surface area contributed by atoms with Gasteiger partial charge in [0.1, 0.15) is 5.84 Å². The van der Waals surface area contributed by atoms with Gasteiger partial charge in [0.2, 0.25) is 0 Å². The molecule has 5 nitrogen and oxygen atoms in total. The third-order valence-corrected chi connectivity index (χ3v) is 4.64. The van der Waals surface area contributed by atoms with Crippen LogP contribution in [-0.2, 0) is 0 Å². The Morgan fingerprint density at radius 2 is 1.96 bits per heavy atom. The molecule has 0 spiro atoms. The minimum absolute atomic E-state index is 0.131. The molecule has 2 rings (SSSR count). The van der Waals surface area contributed by atoms with Crippen molar-refractivity contribution in [2.75, 3.05) is 32.0 Å². The summed E-state index contributed by atoms with van der Waals surface area (Å²) in [6.45, 7) is 4.17. The molecule has 0 aliphatic rings. The predicted octanol–water partition coefficient (Wildman–Crippen LogP) is 3.75. The monoisotopic (exact) mass is 356 g/mol. The molecular weight excluding hydrogens is 332 g/mol. The maximum Gasteiger partial charge on any atom is 0.269 e. The molecule has 25 heavy (non-hydrogen) atoms. The number of hydrogen-bond acceptors (Lipinski definition) is 5. The molecule has 1 aromatic heterocycles. The first-order valence-electron chi connectivity index (χ1n) is 8.22. The fraction of sp³-hybridized carbons (Fsp3) is 0.263. The molecule has 1 heterocycles. The Kier molecular flexibility index (Phi) is 7.37. The summed E-state index contributed by atoms with van der Waals surface area (Å²) >= 11 is 1.40. The predicted molar refractivity (Wildman–Crippen MR) is 105 cm³/mol. The number of hydrogen-bond donors (Lipinski definition) is 2. The Hall–Kier alpha value is -2.44. The second-order valence-corrected chi connectivity index (χ2v) is 6.51. The number of anilines is 1. The molecular formula is C19H24N4OS. The molecule has 0 aliphatic carbocycles. The molecule has 0 aliphatic heterocycles. The third kappa shape index (κ3) is 5.85. The Balaban J connectivity index is 2.04. The number of nitrogens with one attached hydrogen (secondary N) is 2. The summed E-state index contributed by atoms with van der Waals surface area (Å²) < 4.78 is 0. The lowest BCUT2D eigenvalue weighted by Crippen LogP contribution is -2.40. The summed E-state index contributed by atoms with van der Waals surface area (Å²) in [6, 6.07) is 13.4. The first-order chi connectivity index (χ1) is 12.1. The van der Waals surface area contributed by atoms with Crippen molar-refractivity contribution in [3.63, 3.8) is 0 Å². The number of likely N-dealkylation sites (N-methyl/N-ethyl adjacent to an activating group) is 1. The average Bonchev–Trinajstić information content (AvgIpc) is 3.17. The maximum absolute atomic E-state index is 12.7. The molecule has 0 saturated carbocycles. The molecule has 0 unspecified atom stereocenters. The number of nitrogens with zero attached hydrogens (tertiary/aromatic N) is 2. The van der Waals surface area contributed by atoms with Crippen LogP contribution in [0.5, 0.6) is 0 Å². The second kappa shape index (κ2) is 9.76. The molecule has 0 fully saturated rings. The fourth-order valence-corrected chi connectivity index (χ4v) is 2.81. The maximum atomic E-state index is 12.7. The van der Waals surface area contributed by atoms with E-state index in [1.807, 2.05) is 48.8 Å². The molecule has 2 aromatic rings. The fourth-order valence-electron chi connectivity index (χ4n) is 2.13. The van der Waals surface area contributed by atoms with Crippen molar-refractivity contribution in [3.05, 3.63) is 65.0 Å². The van der Waals surface area contributed by atoms with Gasteiger partial charge in [-0.3, -0.25) is 15.1 Å². The van der Waals surface area contributed by atoms with Crippen molar-refractivity contribution in [2.24, 2.45) is 0 Å². The van der Waals surface area contributed by atoms with Crippen LogP contribution in [0.1, 0.15) is 16.6 Å². The lowest BCUT2D eigenvalue weighted by molar-refractivity contribution is 0.0843. The quantitative estimate of drug-likeness (QED) is 0.559. The number of amides is 1. The first kappa shape index (κ1) is 18.9. The van der Waals surface area contributed by atoms with Crippen molar-refractivity contribution < 1.29 is 4.79 Å². The first-order valence-corrected chi connectivity index (χ1v) is 9.10. The van der Waals surface area contributed by atoms with Crippen molar-refractivity contribution >= 4 is 28.8 Å². The smallest absolute Gasteiger partial charge is 0.269 e. The van der Waals surface area contributed by atoms with Gasteiger partial charge in [-0.2, -0.15) is 0 Å². The van der Waals surface area contributed by atoms with Gasteiger partial charge >= 0.3 is 0 Å². The van der Waals surface area contributed by atoms with E-state index in [1.54, 1.807) is 18.3 Å². The van der Waals surface area contributed by atoms with E-state index < -0.39 is 0 Å². The largest absolute Gasteiger partial charge is 0.362 e. The summed E-state index contributed by atoms with van der Waals surface area (Å²) in [5, 5.41) is 13.3. The van der Waals surface area contributed by atoms with Gasteiger partial charge in [-0.1, -0.05) is 31.2 Å². The highest BCUT2D eigenvalue weighted by atomic mass is 32.1. The van der Waals surface area contributed by atoms with E-state index in [-0.39, 0.29) is 11.7 Å². The molecule has 1 amide bonds. The molecule has 0 atom stereocenters. The van der Waals surface area contributed by atoms with E-state index >= 15 is 0 Å². The number of carbonyl (C=O) groups excluding carboxylic acids is 1. The van der Waals surface area contributed by atoms with Crippen molar-refractivity contribution in [1.29, 1.82) is 5.41 Å². The number of para-hydroxylation sites is 1. The van der Waals surface area contributed by atoms with Crippen molar-refractivity contribution in [1.82, 2.24) is 9.80 Å². The summed E-state index contributed by atoms with van der Waals surface area (Å²) in [5.41, 5.74) is 0.938. The van der Waals surface area contributed by atoms with Crippen LogP contribution in [0, 0.1) is 5.41 Å². The minimum Gasteiger partial charge on any atom is -0.362 e. The van der Waals surface area contributed by atoms with Gasteiger partial charge in [-0.05, 0) is 43.2 Å². The molecule has 132 valence electrons. The van der Waals surface area contributed by atoms with Crippen LogP contribution < -0.4 is 5.32 Å². The van der Waals surface area contributed by atoms with Crippen LogP contribution in [0.4, 0.5) is 5.69 Å². The van der Waals surface area contributed by atoms with Crippen LogP contribution >= 0.6 is 11.3 Å². The molecule has 0 saturated heterocycles. The third-order valence-electron chi connectivity index (χ3n) is 3.78. The Labute approximate surface area is 153 Å². The van der Waals surface area contributed by atoms with Crippen LogP contribution in [0.15, 0.2) is 60.1 Å². The molecule has 0 radical (unpaired) electrons. The van der Waals surface area contributed by atoms with Gasteiger partial charge in [0.25, 0.3) is 5.91 Å². The summed E-state index contributed by atoms with van der Waals surface area (Å²) in [4.78, 5) is 17.0. The Morgan fingerprint density at radius 1 is 1.20 bits per heavy atom. The zero-order valence-electron chi connectivity index (χ0n) is 14.6. The van der Waals surface area contributed by atoms with E-state index in [0.717, 1.165) is 18.8 Å². The average molecular weight is 356 g/mol. The van der Waals surface area contributed by atoms with Crippen LogP contribution in [-0.4, -0.2) is 48.2 Å². The number of thiophene rings is 1. The zero-order chi connectivity index (χ0) is 18.1. The Morgan fingerprint density at radius 3 is 2.60 bits per heavy atom. The lowest BCUT2D eigenvalue weighted by Gasteiger charge is -2.24. The molecule has 0 bridgehead atoms. The molecule has 2 N–H and O–H groups in total. The Bertz CT molecular complexity index is 697. The van der Waals surface area contributed by atoms with Gasteiger partial charge in [-0.15, -0.1) is 11.3 Å². The summed E-state index contributed by atoms with van der Waals surface area (Å²) in [7, 11) is 2.00.